The summed E-state index contributed by atoms with van der Waals surface area (Å²) in [5, 5.41) is 40.1. The normalized spacial score (nSPS) is 49.5. The Balaban J connectivity index is 2.32. The molecular weight excluding hydrogens is 206 g/mol. The number of ether oxygens (including phenoxy) is 1. The Labute approximate surface area is 85.3 Å². The molecule has 5 N–H and O–H groups in total. The van der Waals surface area contributed by atoms with E-state index in [0.717, 1.165) is 0 Å². The Bertz CT molecular complexity index is 284. The van der Waals surface area contributed by atoms with Gasteiger partial charge in [-0.3, -0.25) is 0 Å². The van der Waals surface area contributed by atoms with Gasteiger partial charge in [0.05, 0.1) is 12.6 Å². The molecule has 15 heavy (non-hydrogen) atoms. The van der Waals surface area contributed by atoms with Gasteiger partial charge in [-0.1, -0.05) is 0 Å². The molecule has 1 aliphatic carbocycles. The zero-order valence-electron chi connectivity index (χ0n) is 7.83. The van der Waals surface area contributed by atoms with Crippen LogP contribution in [0, 0.1) is 0 Å². The molecule has 1 amide bonds. The number of aliphatic hydroxyl groups excluding tert-OH is 4. The van der Waals surface area contributed by atoms with E-state index in [0.29, 0.717) is 0 Å². The summed E-state index contributed by atoms with van der Waals surface area (Å²) in [7, 11) is 0. The Morgan fingerprint density at radius 3 is 2.67 bits per heavy atom. The van der Waals surface area contributed by atoms with Crippen molar-refractivity contribution >= 4 is 6.09 Å². The standard InChI is InChI=1S/C8H13NO6/c10-2-8-1-3(9-7(14)15-8)4(11)5(12)6(8)13/h3-6,10-13H,1-2H2,(H,9,14)/t3-,4-,5-,6-,8-/m1/s1. The maximum atomic E-state index is 11.1. The SMILES string of the molecule is O=C1N[C@@H]2C[C@](CO)(O1)[C@H](O)[C@H](O)[C@@H]2O. The Morgan fingerprint density at radius 1 is 1.40 bits per heavy atom. The third-order valence-electron chi connectivity index (χ3n) is 3.06. The van der Waals surface area contributed by atoms with Crippen molar-refractivity contribution in [1.82, 2.24) is 5.32 Å². The van der Waals surface area contributed by atoms with E-state index in [2.05, 4.69) is 5.32 Å². The molecule has 5 atom stereocenters. The zero-order valence-corrected chi connectivity index (χ0v) is 7.83. The van der Waals surface area contributed by atoms with Crippen LogP contribution in [0.25, 0.3) is 0 Å². The molecule has 0 radical (unpaired) electrons. The number of carbonyl (C=O) groups excluding carboxylic acids is 1. The number of rotatable bonds is 1. The number of hydrogen-bond acceptors (Lipinski definition) is 6. The van der Waals surface area contributed by atoms with Crippen LogP contribution in [0.2, 0.25) is 0 Å². The molecule has 2 bridgehead atoms. The number of fused-ring (bicyclic) bond motifs is 2. The van der Waals surface area contributed by atoms with Crippen molar-refractivity contribution in [2.45, 2.75) is 36.4 Å². The van der Waals surface area contributed by atoms with E-state index >= 15 is 0 Å². The number of amides is 1. The molecule has 0 aromatic heterocycles. The maximum Gasteiger partial charge on any atom is 0.408 e. The number of alkyl carbamates (subject to hydrolysis) is 1. The van der Waals surface area contributed by atoms with Crippen molar-refractivity contribution < 1.29 is 30.0 Å². The molecule has 1 heterocycles. The molecule has 0 unspecified atom stereocenters. The molecule has 2 fully saturated rings. The maximum absolute atomic E-state index is 11.1. The van der Waals surface area contributed by atoms with Crippen LogP contribution < -0.4 is 5.32 Å². The second-order valence-corrected chi connectivity index (χ2v) is 3.99. The average molecular weight is 219 g/mol. The number of carbonyl (C=O) groups is 1. The average Bonchev–Trinajstić information content (AvgIpc) is 2.23. The lowest BCUT2D eigenvalue weighted by Crippen LogP contribution is -2.72. The van der Waals surface area contributed by atoms with E-state index in [1.54, 1.807) is 0 Å². The van der Waals surface area contributed by atoms with Gasteiger partial charge in [0.25, 0.3) is 0 Å². The lowest BCUT2D eigenvalue weighted by atomic mass is 9.75. The number of nitrogens with one attached hydrogen (secondary N) is 1. The number of hydrogen-bond donors (Lipinski definition) is 5. The first-order chi connectivity index (χ1) is 7.00. The smallest absolute Gasteiger partial charge is 0.408 e. The second-order valence-electron chi connectivity index (χ2n) is 3.99. The Morgan fingerprint density at radius 2 is 2.07 bits per heavy atom. The summed E-state index contributed by atoms with van der Waals surface area (Å²) in [6.45, 7) is -0.595. The lowest BCUT2D eigenvalue weighted by molar-refractivity contribution is -0.219. The lowest BCUT2D eigenvalue weighted by Gasteiger charge is -2.50. The highest BCUT2D eigenvalue weighted by Crippen LogP contribution is 2.35. The minimum Gasteiger partial charge on any atom is -0.438 e. The van der Waals surface area contributed by atoms with Crippen molar-refractivity contribution in [2.75, 3.05) is 6.61 Å². The Hall–Kier alpha value is -0.890. The fourth-order valence-corrected chi connectivity index (χ4v) is 2.14. The van der Waals surface area contributed by atoms with Gasteiger partial charge < -0.3 is 30.5 Å². The van der Waals surface area contributed by atoms with E-state index in [-0.39, 0.29) is 6.42 Å². The predicted octanol–water partition coefficient (Wildman–Crippen LogP) is -2.69. The van der Waals surface area contributed by atoms with Crippen LogP contribution >= 0.6 is 0 Å². The van der Waals surface area contributed by atoms with Crippen LogP contribution in [-0.4, -0.2) is 63.1 Å². The highest BCUT2D eigenvalue weighted by molar-refractivity contribution is 5.69. The van der Waals surface area contributed by atoms with Crippen LogP contribution in [0.5, 0.6) is 0 Å². The molecule has 7 nitrogen and oxygen atoms in total. The van der Waals surface area contributed by atoms with Crippen LogP contribution in [-0.2, 0) is 4.74 Å². The molecule has 1 saturated carbocycles. The largest absolute Gasteiger partial charge is 0.438 e. The van der Waals surface area contributed by atoms with Gasteiger partial charge >= 0.3 is 6.09 Å². The van der Waals surface area contributed by atoms with Crippen molar-refractivity contribution in [3.8, 4) is 0 Å². The first-order valence-corrected chi connectivity index (χ1v) is 4.65. The van der Waals surface area contributed by atoms with Gasteiger partial charge in [0.15, 0.2) is 5.60 Å². The highest BCUT2D eigenvalue weighted by Gasteiger charge is 2.57. The molecule has 2 aliphatic rings. The summed E-state index contributed by atoms with van der Waals surface area (Å²) in [5.41, 5.74) is -1.51. The monoisotopic (exact) mass is 219 g/mol. The molecule has 7 heteroatoms. The summed E-state index contributed by atoms with van der Waals surface area (Å²) in [6.07, 6.45) is -4.94. The minimum atomic E-state index is -1.51. The van der Waals surface area contributed by atoms with Crippen molar-refractivity contribution in [3.05, 3.63) is 0 Å². The number of aliphatic hydroxyl groups is 4. The molecule has 1 saturated heterocycles. The van der Waals surface area contributed by atoms with Crippen LogP contribution in [0.3, 0.4) is 0 Å². The van der Waals surface area contributed by atoms with Crippen molar-refractivity contribution in [1.29, 1.82) is 0 Å². The second kappa shape index (κ2) is 3.31. The van der Waals surface area contributed by atoms with Gasteiger partial charge in [0, 0.05) is 6.42 Å². The third-order valence-corrected chi connectivity index (χ3v) is 3.06. The van der Waals surface area contributed by atoms with Gasteiger partial charge in [-0.05, 0) is 0 Å². The van der Waals surface area contributed by atoms with Crippen LogP contribution in [0.4, 0.5) is 4.79 Å². The van der Waals surface area contributed by atoms with Gasteiger partial charge in [0.1, 0.15) is 18.3 Å². The zero-order chi connectivity index (χ0) is 11.2. The topological polar surface area (TPSA) is 119 Å². The fraction of sp³-hybridized carbons (Fsp3) is 0.875. The van der Waals surface area contributed by atoms with E-state index in [9.17, 15) is 20.1 Å². The predicted molar refractivity (Wildman–Crippen MR) is 45.9 cm³/mol. The molecule has 1 aliphatic heterocycles. The molecule has 0 spiro atoms. The fourth-order valence-electron chi connectivity index (χ4n) is 2.14. The van der Waals surface area contributed by atoms with Crippen LogP contribution in [0.1, 0.15) is 6.42 Å². The summed E-state index contributed by atoms with van der Waals surface area (Å²) in [6, 6.07) is -0.711. The van der Waals surface area contributed by atoms with E-state index < -0.39 is 42.7 Å². The van der Waals surface area contributed by atoms with Crippen molar-refractivity contribution in [2.24, 2.45) is 0 Å². The first-order valence-electron chi connectivity index (χ1n) is 4.65. The van der Waals surface area contributed by atoms with E-state index in [4.69, 9.17) is 9.84 Å². The quantitative estimate of drug-likeness (QED) is 0.328. The Kier molecular flexibility index (Phi) is 2.34. The summed E-state index contributed by atoms with van der Waals surface area (Å²) in [5.74, 6) is 0. The van der Waals surface area contributed by atoms with Gasteiger partial charge in [-0.25, -0.2) is 4.79 Å². The summed E-state index contributed by atoms with van der Waals surface area (Å²) in [4.78, 5) is 11.1. The van der Waals surface area contributed by atoms with Gasteiger partial charge in [-0.15, -0.1) is 0 Å². The molecule has 86 valence electrons. The molecule has 0 aromatic carbocycles. The molecule has 2 rings (SSSR count). The summed E-state index contributed by atoms with van der Waals surface area (Å²) >= 11 is 0. The molecule has 0 aromatic rings. The van der Waals surface area contributed by atoms with Gasteiger partial charge in [0.2, 0.25) is 0 Å². The minimum absolute atomic E-state index is 0.0641. The third kappa shape index (κ3) is 1.39. The van der Waals surface area contributed by atoms with E-state index in [1.165, 1.54) is 0 Å². The van der Waals surface area contributed by atoms with E-state index in [1.807, 2.05) is 0 Å². The highest BCUT2D eigenvalue weighted by atomic mass is 16.6. The molecular formula is C8H13NO6. The first kappa shape index (κ1) is 10.6. The van der Waals surface area contributed by atoms with Crippen LogP contribution in [0.15, 0.2) is 0 Å². The van der Waals surface area contributed by atoms with Crippen molar-refractivity contribution in [3.63, 3.8) is 0 Å². The summed E-state index contributed by atoms with van der Waals surface area (Å²) < 4.78 is 4.80. The van der Waals surface area contributed by atoms with Gasteiger partial charge in [-0.2, -0.15) is 0 Å².